The number of nitrogens with zero attached hydrogens (tertiary/aromatic N) is 3. The van der Waals surface area contributed by atoms with E-state index in [0.717, 1.165) is 0 Å². The van der Waals surface area contributed by atoms with Crippen LogP contribution in [0.1, 0.15) is 0 Å². The van der Waals surface area contributed by atoms with Crippen molar-refractivity contribution >= 4 is 11.4 Å². The fourth-order valence-electron chi connectivity index (χ4n) is 1.13. The van der Waals surface area contributed by atoms with E-state index in [1.54, 1.807) is 42.6 Å². The van der Waals surface area contributed by atoms with Crippen molar-refractivity contribution in [3.8, 4) is 0 Å². The molecule has 0 aliphatic carbocycles. The average Bonchev–Trinajstić information content (AvgIpc) is 2.31. The van der Waals surface area contributed by atoms with Crippen molar-refractivity contribution in [3.05, 3.63) is 60.1 Å². The smallest absolute Gasteiger partial charge is 0.244 e. The second-order valence-electron chi connectivity index (χ2n) is 2.92. The second kappa shape index (κ2) is 4.32. The van der Waals surface area contributed by atoms with Gasteiger partial charge < -0.3 is 5.21 Å². The maximum atomic E-state index is 11.5. The Kier molecular flexibility index (Phi) is 2.69. The van der Waals surface area contributed by atoms with E-state index in [1.807, 2.05) is 6.07 Å². The second-order valence-corrected chi connectivity index (χ2v) is 2.92. The van der Waals surface area contributed by atoms with Crippen molar-refractivity contribution in [2.75, 3.05) is 0 Å². The molecule has 0 aliphatic heterocycles. The Morgan fingerprint density at radius 2 is 1.87 bits per heavy atom. The molecule has 0 saturated heterocycles. The first-order valence-corrected chi connectivity index (χ1v) is 4.50. The van der Waals surface area contributed by atoms with E-state index < -0.39 is 0 Å². The quantitative estimate of drug-likeness (QED) is 0.424. The van der Waals surface area contributed by atoms with Gasteiger partial charge in [0.05, 0.1) is 6.20 Å². The van der Waals surface area contributed by atoms with E-state index in [4.69, 9.17) is 0 Å². The predicted molar refractivity (Wildman–Crippen MR) is 56.1 cm³/mol. The zero-order valence-electron chi connectivity index (χ0n) is 7.95. The first-order valence-electron chi connectivity index (χ1n) is 4.50. The number of benzene rings is 1. The third-order valence-corrected chi connectivity index (χ3v) is 1.83. The van der Waals surface area contributed by atoms with Crippen LogP contribution < -0.4 is 0 Å². The topological polar surface area (TPSA) is 51.3 Å². The van der Waals surface area contributed by atoms with Gasteiger partial charge in [0.15, 0.2) is 5.69 Å². The van der Waals surface area contributed by atoms with Crippen LogP contribution in [-0.2, 0) is 0 Å². The van der Waals surface area contributed by atoms with Crippen LogP contribution in [0.15, 0.2) is 60.0 Å². The van der Waals surface area contributed by atoms with Crippen LogP contribution in [0.4, 0.5) is 11.4 Å². The number of rotatable bonds is 2. The number of pyridine rings is 1. The molecule has 74 valence electrons. The number of aromatic nitrogens is 1. The standard InChI is InChI=1S/C11H9N3O/c15-14(11-6-2-1-3-7-11)13-10-5-4-8-12-9-10/h1-9H. The average molecular weight is 199 g/mol. The fourth-order valence-corrected chi connectivity index (χ4v) is 1.13. The molecule has 0 atom stereocenters. The Morgan fingerprint density at radius 3 is 2.53 bits per heavy atom. The van der Waals surface area contributed by atoms with Crippen molar-refractivity contribution in [1.82, 2.24) is 4.98 Å². The Bertz CT molecular complexity index is 454. The minimum Gasteiger partial charge on any atom is -0.594 e. The molecule has 4 nitrogen and oxygen atoms in total. The van der Waals surface area contributed by atoms with Gasteiger partial charge in [-0.1, -0.05) is 23.1 Å². The van der Waals surface area contributed by atoms with Crippen LogP contribution in [0.5, 0.6) is 0 Å². The summed E-state index contributed by atoms with van der Waals surface area (Å²) < 4.78 is 0. The van der Waals surface area contributed by atoms with Gasteiger partial charge in [0.25, 0.3) is 0 Å². The summed E-state index contributed by atoms with van der Waals surface area (Å²) in [6.45, 7) is 0. The van der Waals surface area contributed by atoms with Crippen molar-refractivity contribution in [2.24, 2.45) is 5.11 Å². The molecule has 4 heteroatoms. The monoisotopic (exact) mass is 199 g/mol. The van der Waals surface area contributed by atoms with Crippen molar-refractivity contribution in [3.63, 3.8) is 0 Å². The van der Waals surface area contributed by atoms with Crippen LogP contribution in [0.2, 0.25) is 0 Å². The molecule has 0 amide bonds. The SMILES string of the molecule is [O-][N+](=Nc1cccnc1)c1ccccc1. The lowest BCUT2D eigenvalue weighted by atomic mass is 10.3. The Balaban J connectivity index is 2.29. The summed E-state index contributed by atoms with van der Waals surface area (Å²) in [7, 11) is 0. The highest BCUT2D eigenvalue weighted by Crippen LogP contribution is 2.15. The molecule has 0 N–H and O–H groups in total. The lowest BCUT2D eigenvalue weighted by molar-refractivity contribution is -0.435. The molecular weight excluding hydrogens is 190 g/mol. The molecule has 1 aromatic carbocycles. The molecule has 2 aromatic rings. The highest BCUT2D eigenvalue weighted by Gasteiger charge is 2.01. The Labute approximate surface area is 87.1 Å². The van der Waals surface area contributed by atoms with Crippen LogP contribution >= 0.6 is 0 Å². The summed E-state index contributed by atoms with van der Waals surface area (Å²) >= 11 is 0. The first kappa shape index (κ1) is 9.33. The molecule has 1 aromatic heterocycles. The Hall–Kier alpha value is -2.23. The van der Waals surface area contributed by atoms with E-state index >= 15 is 0 Å². The molecule has 15 heavy (non-hydrogen) atoms. The zero-order valence-corrected chi connectivity index (χ0v) is 7.95. The van der Waals surface area contributed by atoms with E-state index in [1.165, 1.54) is 6.20 Å². The van der Waals surface area contributed by atoms with Crippen LogP contribution in [-0.4, -0.2) is 9.84 Å². The molecule has 2 rings (SSSR count). The number of azo groups is 1. The van der Waals surface area contributed by atoms with E-state index in [0.29, 0.717) is 16.2 Å². The van der Waals surface area contributed by atoms with E-state index in [-0.39, 0.29) is 0 Å². The van der Waals surface area contributed by atoms with Gasteiger partial charge >= 0.3 is 0 Å². The fraction of sp³-hybridized carbons (Fsp3) is 0. The van der Waals surface area contributed by atoms with Gasteiger partial charge in [-0.25, -0.2) is 0 Å². The molecule has 0 spiro atoms. The molecule has 1 heterocycles. The summed E-state index contributed by atoms with van der Waals surface area (Å²) in [4.78, 5) is 4.45. The molecular formula is C11H9N3O. The van der Waals surface area contributed by atoms with Gasteiger partial charge in [0.2, 0.25) is 5.69 Å². The van der Waals surface area contributed by atoms with Gasteiger partial charge in [-0.2, -0.15) is 0 Å². The largest absolute Gasteiger partial charge is 0.594 e. The minimum absolute atomic E-state index is 0.501. The summed E-state index contributed by atoms with van der Waals surface area (Å²) in [5, 5.41) is 15.4. The summed E-state index contributed by atoms with van der Waals surface area (Å²) in [6.07, 6.45) is 3.17. The van der Waals surface area contributed by atoms with Crippen molar-refractivity contribution in [2.45, 2.75) is 0 Å². The highest BCUT2D eigenvalue weighted by atomic mass is 16.5. The molecule has 0 aliphatic rings. The van der Waals surface area contributed by atoms with Gasteiger partial charge in [0, 0.05) is 23.4 Å². The summed E-state index contributed by atoms with van der Waals surface area (Å²) in [6, 6.07) is 12.3. The van der Waals surface area contributed by atoms with Crippen LogP contribution in [0, 0.1) is 5.21 Å². The molecule has 0 radical (unpaired) electrons. The third kappa shape index (κ3) is 2.37. The van der Waals surface area contributed by atoms with Crippen LogP contribution in [0.25, 0.3) is 0 Å². The number of hydrogen-bond donors (Lipinski definition) is 0. The maximum absolute atomic E-state index is 11.5. The minimum atomic E-state index is 0.501. The van der Waals surface area contributed by atoms with Gasteiger partial charge in [-0.05, 0) is 12.1 Å². The summed E-state index contributed by atoms with van der Waals surface area (Å²) in [5.41, 5.74) is 1.04. The normalized spacial score (nSPS) is 11.3. The molecule has 0 unspecified atom stereocenters. The first-order chi connectivity index (χ1) is 7.36. The molecule has 0 saturated carbocycles. The van der Waals surface area contributed by atoms with Gasteiger partial charge in [0.1, 0.15) is 0 Å². The zero-order chi connectivity index (χ0) is 10.5. The lowest BCUT2D eigenvalue weighted by Crippen LogP contribution is -1.89. The highest BCUT2D eigenvalue weighted by molar-refractivity contribution is 5.32. The predicted octanol–water partition coefficient (Wildman–Crippen LogP) is 3.01. The summed E-state index contributed by atoms with van der Waals surface area (Å²) in [5.74, 6) is 0. The van der Waals surface area contributed by atoms with Gasteiger partial charge in [-0.15, -0.1) is 0 Å². The van der Waals surface area contributed by atoms with Crippen molar-refractivity contribution < 1.29 is 4.86 Å². The van der Waals surface area contributed by atoms with Gasteiger partial charge in [-0.3, -0.25) is 4.98 Å². The lowest BCUT2D eigenvalue weighted by Gasteiger charge is -1.98. The number of hydrogen-bond acceptors (Lipinski definition) is 3. The Morgan fingerprint density at radius 1 is 1.07 bits per heavy atom. The maximum Gasteiger partial charge on any atom is 0.244 e. The molecule has 0 bridgehead atoms. The van der Waals surface area contributed by atoms with E-state index in [2.05, 4.69) is 10.1 Å². The van der Waals surface area contributed by atoms with E-state index in [9.17, 15) is 5.21 Å². The third-order valence-electron chi connectivity index (χ3n) is 1.83. The van der Waals surface area contributed by atoms with Crippen molar-refractivity contribution in [1.29, 1.82) is 0 Å². The van der Waals surface area contributed by atoms with Crippen LogP contribution in [0.3, 0.4) is 0 Å². The number of para-hydroxylation sites is 1. The molecule has 0 fully saturated rings.